The van der Waals surface area contributed by atoms with Crippen LogP contribution in [0.2, 0.25) is 0 Å². The van der Waals surface area contributed by atoms with Gasteiger partial charge in [0.2, 0.25) is 0 Å². The van der Waals surface area contributed by atoms with E-state index in [9.17, 15) is 4.79 Å². The van der Waals surface area contributed by atoms with Crippen molar-refractivity contribution in [3.63, 3.8) is 0 Å². The minimum absolute atomic E-state index is 0.261. The molecule has 6 heteroatoms. The molecule has 0 bridgehead atoms. The van der Waals surface area contributed by atoms with Crippen LogP contribution in [0.15, 0.2) is 36.9 Å². The number of esters is 1. The predicted octanol–water partition coefficient (Wildman–Crippen LogP) is 1.63. The van der Waals surface area contributed by atoms with Gasteiger partial charge in [-0.25, -0.2) is 14.5 Å². The molecule has 100 valence electrons. The van der Waals surface area contributed by atoms with Crippen LogP contribution in [0.3, 0.4) is 0 Å². The highest BCUT2D eigenvalue weighted by Gasteiger charge is 2.16. The zero-order valence-electron chi connectivity index (χ0n) is 10.9. The number of rotatable bonds is 5. The largest absolute Gasteiger partial charge is 0.467 e. The maximum Gasteiger partial charge on any atom is 0.328 e. The fourth-order valence-corrected chi connectivity index (χ4v) is 1.72. The zero-order valence-corrected chi connectivity index (χ0v) is 10.9. The molecule has 1 aromatic heterocycles. The Morgan fingerprint density at radius 3 is 2.68 bits per heavy atom. The second-order valence-electron chi connectivity index (χ2n) is 4.02. The second-order valence-corrected chi connectivity index (χ2v) is 4.02. The minimum atomic E-state index is -0.331. The third-order valence-electron chi connectivity index (χ3n) is 2.79. The highest BCUT2D eigenvalue weighted by atomic mass is 16.5. The number of ether oxygens (including phenoxy) is 1. The van der Waals surface area contributed by atoms with E-state index in [1.807, 2.05) is 31.2 Å². The maximum absolute atomic E-state index is 11.5. The predicted molar refractivity (Wildman–Crippen MR) is 71.1 cm³/mol. The number of nitrogens with one attached hydrogen (secondary N) is 1. The lowest BCUT2D eigenvalue weighted by atomic mass is 10.2. The molecule has 1 heterocycles. The monoisotopic (exact) mass is 260 g/mol. The standard InChI is InChI=1S/C13H16N4O2/c1-3-12(13(18)19-2)16-10-4-6-11(7-5-10)17-9-14-8-15-17/h4-9,12,16H,3H2,1-2H3. The fourth-order valence-electron chi connectivity index (χ4n) is 1.72. The first kappa shape index (κ1) is 13.1. The number of anilines is 1. The fraction of sp³-hybridized carbons (Fsp3) is 0.308. The highest BCUT2D eigenvalue weighted by Crippen LogP contribution is 2.14. The highest BCUT2D eigenvalue weighted by molar-refractivity contribution is 5.79. The summed E-state index contributed by atoms with van der Waals surface area (Å²) in [4.78, 5) is 15.4. The number of carbonyl (C=O) groups excluding carboxylic acids is 1. The number of hydrogen-bond acceptors (Lipinski definition) is 5. The van der Waals surface area contributed by atoms with Gasteiger partial charge in [0.25, 0.3) is 0 Å². The van der Waals surface area contributed by atoms with Crippen LogP contribution in [0.25, 0.3) is 5.69 Å². The quantitative estimate of drug-likeness (QED) is 0.827. The number of methoxy groups -OCH3 is 1. The van der Waals surface area contributed by atoms with Crippen molar-refractivity contribution in [3.8, 4) is 5.69 Å². The summed E-state index contributed by atoms with van der Waals surface area (Å²) in [6.07, 6.45) is 3.78. The van der Waals surface area contributed by atoms with Crippen molar-refractivity contribution in [3.05, 3.63) is 36.9 Å². The zero-order chi connectivity index (χ0) is 13.7. The summed E-state index contributed by atoms with van der Waals surface area (Å²) in [7, 11) is 1.39. The average molecular weight is 260 g/mol. The lowest BCUT2D eigenvalue weighted by Crippen LogP contribution is -2.29. The molecule has 0 aliphatic carbocycles. The van der Waals surface area contributed by atoms with Crippen molar-refractivity contribution in [1.29, 1.82) is 0 Å². The Morgan fingerprint density at radius 1 is 1.42 bits per heavy atom. The molecular weight excluding hydrogens is 244 g/mol. The number of nitrogens with zero attached hydrogens (tertiary/aromatic N) is 3. The molecule has 0 fully saturated rings. The number of hydrogen-bond donors (Lipinski definition) is 1. The Kier molecular flexibility index (Phi) is 4.12. The van der Waals surface area contributed by atoms with Gasteiger partial charge in [-0.2, -0.15) is 5.10 Å². The molecule has 0 aliphatic heterocycles. The molecule has 1 aromatic carbocycles. The number of benzene rings is 1. The molecule has 1 atom stereocenters. The molecule has 0 amide bonds. The SMILES string of the molecule is CCC(Nc1ccc(-n2cncn2)cc1)C(=O)OC. The lowest BCUT2D eigenvalue weighted by molar-refractivity contribution is -0.141. The summed E-state index contributed by atoms with van der Waals surface area (Å²) < 4.78 is 6.40. The summed E-state index contributed by atoms with van der Waals surface area (Å²) in [6.45, 7) is 1.93. The summed E-state index contributed by atoms with van der Waals surface area (Å²) >= 11 is 0. The first-order chi connectivity index (χ1) is 9.24. The van der Waals surface area contributed by atoms with Gasteiger partial charge in [0.1, 0.15) is 18.7 Å². The van der Waals surface area contributed by atoms with Gasteiger partial charge in [-0.3, -0.25) is 0 Å². The maximum atomic E-state index is 11.5. The number of carbonyl (C=O) groups is 1. The Bertz CT molecular complexity index is 522. The van der Waals surface area contributed by atoms with Crippen molar-refractivity contribution in [2.75, 3.05) is 12.4 Å². The van der Waals surface area contributed by atoms with Crippen LogP contribution >= 0.6 is 0 Å². The van der Waals surface area contributed by atoms with Crippen LogP contribution in [-0.2, 0) is 9.53 Å². The van der Waals surface area contributed by atoms with Crippen molar-refractivity contribution in [2.24, 2.45) is 0 Å². The van der Waals surface area contributed by atoms with Crippen molar-refractivity contribution >= 4 is 11.7 Å². The van der Waals surface area contributed by atoms with Gasteiger partial charge < -0.3 is 10.1 Å². The van der Waals surface area contributed by atoms with Gasteiger partial charge in [0, 0.05) is 5.69 Å². The average Bonchev–Trinajstić information content (AvgIpc) is 2.98. The molecule has 0 spiro atoms. The minimum Gasteiger partial charge on any atom is -0.467 e. The van der Waals surface area contributed by atoms with E-state index < -0.39 is 0 Å². The van der Waals surface area contributed by atoms with Crippen LogP contribution in [0.4, 0.5) is 5.69 Å². The van der Waals surface area contributed by atoms with E-state index in [0.29, 0.717) is 6.42 Å². The molecule has 1 unspecified atom stereocenters. The van der Waals surface area contributed by atoms with Crippen molar-refractivity contribution in [2.45, 2.75) is 19.4 Å². The lowest BCUT2D eigenvalue weighted by Gasteiger charge is -2.15. The van der Waals surface area contributed by atoms with Gasteiger partial charge in [-0.05, 0) is 30.7 Å². The van der Waals surface area contributed by atoms with Crippen LogP contribution in [0.1, 0.15) is 13.3 Å². The molecular formula is C13H16N4O2. The van der Waals surface area contributed by atoms with Gasteiger partial charge in [0.15, 0.2) is 0 Å². The first-order valence-electron chi connectivity index (χ1n) is 6.04. The Morgan fingerprint density at radius 2 is 2.16 bits per heavy atom. The third-order valence-corrected chi connectivity index (χ3v) is 2.79. The van der Waals surface area contributed by atoms with E-state index in [2.05, 4.69) is 15.4 Å². The van der Waals surface area contributed by atoms with Crippen LogP contribution < -0.4 is 5.32 Å². The summed E-state index contributed by atoms with van der Waals surface area (Å²) in [5, 5.41) is 7.18. The van der Waals surface area contributed by atoms with Gasteiger partial charge >= 0.3 is 5.97 Å². The topological polar surface area (TPSA) is 69.0 Å². The molecule has 19 heavy (non-hydrogen) atoms. The molecule has 6 nitrogen and oxygen atoms in total. The Hall–Kier alpha value is -2.37. The third kappa shape index (κ3) is 3.09. The van der Waals surface area contributed by atoms with Crippen LogP contribution in [0.5, 0.6) is 0 Å². The van der Waals surface area contributed by atoms with Gasteiger partial charge in [0.05, 0.1) is 12.8 Å². The van der Waals surface area contributed by atoms with Gasteiger partial charge in [-0.1, -0.05) is 6.92 Å². The van der Waals surface area contributed by atoms with E-state index in [4.69, 9.17) is 4.74 Å². The molecule has 0 aliphatic rings. The van der Waals surface area contributed by atoms with E-state index >= 15 is 0 Å². The second kappa shape index (κ2) is 5.99. The summed E-state index contributed by atoms with van der Waals surface area (Å²) in [5.74, 6) is -0.261. The van der Waals surface area contributed by atoms with Crippen LogP contribution in [-0.4, -0.2) is 33.9 Å². The summed E-state index contributed by atoms with van der Waals surface area (Å²) in [6, 6.07) is 7.26. The van der Waals surface area contributed by atoms with E-state index in [1.165, 1.54) is 13.4 Å². The Labute approximate surface area is 111 Å². The molecule has 2 rings (SSSR count). The smallest absolute Gasteiger partial charge is 0.328 e. The van der Waals surface area contributed by atoms with Gasteiger partial charge in [-0.15, -0.1) is 0 Å². The normalized spacial score (nSPS) is 11.9. The molecule has 0 saturated carbocycles. The summed E-state index contributed by atoms with van der Waals surface area (Å²) in [5.41, 5.74) is 1.77. The van der Waals surface area contributed by atoms with Crippen molar-refractivity contribution in [1.82, 2.24) is 14.8 Å². The van der Waals surface area contributed by atoms with Crippen molar-refractivity contribution < 1.29 is 9.53 Å². The van der Waals surface area contributed by atoms with E-state index in [0.717, 1.165) is 11.4 Å². The molecule has 0 saturated heterocycles. The molecule has 0 radical (unpaired) electrons. The Balaban J connectivity index is 2.08. The molecule has 2 aromatic rings. The number of aromatic nitrogens is 3. The molecule has 1 N–H and O–H groups in total. The van der Waals surface area contributed by atoms with E-state index in [-0.39, 0.29) is 12.0 Å². The van der Waals surface area contributed by atoms with Crippen LogP contribution in [0, 0.1) is 0 Å². The first-order valence-corrected chi connectivity index (χ1v) is 6.04. The van der Waals surface area contributed by atoms with E-state index in [1.54, 1.807) is 11.0 Å².